The number of hydrogen-bond donors (Lipinski definition) is 0. The summed E-state index contributed by atoms with van der Waals surface area (Å²) in [6, 6.07) is 8.00. The van der Waals surface area contributed by atoms with Gasteiger partial charge in [-0.3, -0.25) is 4.79 Å². The highest BCUT2D eigenvalue weighted by Gasteiger charge is 2.29. The Morgan fingerprint density at radius 3 is 2.17 bits per heavy atom. The molecule has 4 nitrogen and oxygen atoms in total. The van der Waals surface area contributed by atoms with Crippen molar-refractivity contribution >= 4 is 5.91 Å². The summed E-state index contributed by atoms with van der Waals surface area (Å²) in [6.45, 7) is 13.6. The van der Waals surface area contributed by atoms with Gasteiger partial charge in [-0.25, -0.2) is 0 Å². The van der Waals surface area contributed by atoms with Gasteiger partial charge < -0.3 is 14.4 Å². The minimum Gasteiger partial charge on any atom is -0.481 e. The van der Waals surface area contributed by atoms with E-state index < -0.39 is 6.10 Å². The van der Waals surface area contributed by atoms with Gasteiger partial charge >= 0.3 is 0 Å². The molecule has 0 N–H and O–H groups in total. The van der Waals surface area contributed by atoms with Crippen LogP contribution in [0.4, 0.5) is 0 Å². The molecule has 0 saturated carbocycles. The molecular weight excluding hydrogens is 290 g/mol. The fraction of sp³-hybridized carbons (Fsp3) is 0.632. The minimum atomic E-state index is -0.493. The van der Waals surface area contributed by atoms with Crippen molar-refractivity contribution in [1.82, 2.24) is 4.90 Å². The minimum absolute atomic E-state index is 0.0203. The second kappa shape index (κ2) is 6.91. The van der Waals surface area contributed by atoms with Crippen LogP contribution in [0.25, 0.3) is 0 Å². The second-order valence-corrected chi connectivity index (χ2v) is 7.53. The van der Waals surface area contributed by atoms with E-state index in [0.29, 0.717) is 13.1 Å². The summed E-state index contributed by atoms with van der Waals surface area (Å²) in [7, 11) is 0. The van der Waals surface area contributed by atoms with Crippen molar-refractivity contribution in [1.29, 1.82) is 0 Å². The highest BCUT2D eigenvalue weighted by Crippen LogP contribution is 2.25. The van der Waals surface area contributed by atoms with Crippen LogP contribution in [0.5, 0.6) is 5.75 Å². The highest BCUT2D eigenvalue weighted by atomic mass is 16.5. The molecule has 3 atom stereocenters. The maximum Gasteiger partial charge on any atom is 0.263 e. The number of amides is 1. The molecule has 1 aliphatic heterocycles. The molecule has 0 aliphatic carbocycles. The van der Waals surface area contributed by atoms with E-state index in [1.807, 2.05) is 37.8 Å². The van der Waals surface area contributed by atoms with Crippen molar-refractivity contribution in [2.45, 2.75) is 65.3 Å². The SMILES string of the molecule is C[C@@H]1CN(C(=O)[C@@H](C)Oc2ccc(C(C)(C)C)cc2)C[C@@H](C)O1. The van der Waals surface area contributed by atoms with Crippen molar-refractivity contribution in [3.8, 4) is 5.75 Å². The second-order valence-electron chi connectivity index (χ2n) is 7.53. The summed E-state index contributed by atoms with van der Waals surface area (Å²) >= 11 is 0. The molecule has 1 amide bonds. The van der Waals surface area contributed by atoms with Crippen LogP contribution < -0.4 is 4.74 Å². The topological polar surface area (TPSA) is 38.8 Å². The fourth-order valence-electron chi connectivity index (χ4n) is 2.90. The van der Waals surface area contributed by atoms with E-state index in [-0.39, 0.29) is 23.5 Å². The third-order valence-electron chi connectivity index (χ3n) is 4.11. The Hall–Kier alpha value is -1.55. The van der Waals surface area contributed by atoms with Crippen molar-refractivity contribution in [3.63, 3.8) is 0 Å². The molecule has 4 heteroatoms. The van der Waals surface area contributed by atoms with Gasteiger partial charge in [-0.1, -0.05) is 32.9 Å². The first kappa shape index (κ1) is 17.8. The number of hydrogen-bond acceptors (Lipinski definition) is 3. The number of morpholine rings is 1. The highest BCUT2D eigenvalue weighted by molar-refractivity contribution is 5.81. The molecule has 2 rings (SSSR count). The lowest BCUT2D eigenvalue weighted by atomic mass is 9.87. The number of ether oxygens (including phenoxy) is 2. The molecule has 0 unspecified atom stereocenters. The first-order valence-electron chi connectivity index (χ1n) is 8.38. The largest absolute Gasteiger partial charge is 0.481 e. The molecule has 1 heterocycles. The van der Waals surface area contributed by atoms with E-state index >= 15 is 0 Å². The standard InChI is InChI=1S/C19H29NO3/c1-13-11-20(12-14(2)22-13)18(21)15(3)23-17-9-7-16(8-10-17)19(4,5)6/h7-10,13-15H,11-12H2,1-6H3/t13-,14-,15-/m1/s1. The van der Waals surface area contributed by atoms with E-state index in [0.717, 1.165) is 5.75 Å². The predicted molar refractivity (Wildman–Crippen MR) is 91.8 cm³/mol. The van der Waals surface area contributed by atoms with Crippen LogP contribution in [0.15, 0.2) is 24.3 Å². The van der Waals surface area contributed by atoms with Gasteiger partial charge in [0.15, 0.2) is 6.10 Å². The van der Waals surface area contributed by atoms with Crippen LogP contribution in [0.3, 0.4) is 0 Å². The summed E-state index contributed by atoms with van der Waals surface area (Å²) in [5, 5.41) is 0. The summed E-state index contributed by atoms with van der Waals surface area (Å²) in [5.41, 5.74) is 1.36. The smallest absolute Gasteiger partial charge is 0.263 e. The molecule has 0 spiro atoms. The summed E-state index contributed by atoms with van der Waals surface area (Å²) in [4.78, 5) is 14.4. The molecule has 1 aromatic carbocycles. The fourth-order valence-corrected chi connectivity index (χ4v) is 2.90. The van der Waals surface area contributed by atoms with E-state index in [4.69, 9.17) is 9.47 Å². The Kier molecular flexibility index (Phi) is 5.35. The maximum atomic E-state index is 12.6. The molecular formula is C19H29NO3. The van der Waals surface area contributed by atoms with Gasteiger partial charge in [0, 0.05) is 13.1 Å². The number of carbonyl (C=O) groups excluding carboxylic acids is 1. The molecule has 23 heavy (non-hydrogen) atoms. The van der Waals surface area contributed by atoms with Gasteiger partial charge in [-0.2, -0.15) is 0 Å². The zero-order chi connectivity index (χ0) is 17.2. The van der Waals surface area contributed by atoms with Crippen LogP contribution in [0, 0.1) is 0 Å². The van der Waals surface area contributed by atoms with Crippen LogP contribution in [0.2, 0.25) is 0 Å². The normalized spacial score (nSPS) is 23.5. The quantitative estimate of drug-likeness (QED) is 0.857. The average molecular weight is 319 g/mol. The first-order valence-corrected chi connectivity index (χ1v) is 8.38. The van der Waals surface area contributed by atoms with Crippen molar-refractivity contribution in [2.75, 3.05) is 13.1 Å². The Labute approximate surface area is 139 Å². The lowest BCUT2D eigenvalue weighted by Gasteiger charge is -2.36. The average Bonchev–Trinajstić information content (AvgIpc) is 2.45. The summed E-state index contributed by atoms with van der Waals surface area (Å²) in [5.74, 6) is 0.750. The number of nitrogens with zero attached hydrogens (tertiary/aromatic N) is 1. The van der Waals surface area contributed by atoms with Crippen molar-refractivity contribution in [3.05, 3.63) is 29.8 Å². The first-order chi connectivity index (χ1) is 10.7. The molecule has 1 aromatic rings. The van der Waals surface area contributed by atoms with Crippen molar-refractivity contribution in [2.24, 2.45) is 0 Å². The Balaban J connectivity index is 1.98. The Bertz CT molecular complexity index is 523. The molecule has 1 aliphatic rings. The molecule has 1 saturated heterocycles. The lowest BCUT2D eigenvalue weighted by Crippen LogP contribution is -2.51. The number of rotatable bonds is 3. The molecule has 0 bridgehead atoms. The zero-order valence-electron chi connectivity index (χ0n) is 15.1. The van der Waals surface area contributed by atoms with Crippen LogP contribution in [-0.2, 0) is 14.9 Å². The number of carbonyl (C=O) groups is 1. The molecule has 0 aromatic heterocycles. The zero-order valence-corrected chi connectivity index (χ0v) is 15.1. The summed E-state index contributed by atoms with van der Waals surface area (Å²) in [6.07, 6.45) is -0.352. The van der Waals surface area contributed by atoms with Gasteiger partial charge in [0.2, 0.25) is 0 Å². The van der Waals surface area contributed by atoms with E-state index in [1.54, 1.807) is 0 Å². The van der Waals surface area contributed by atoms with E-state index in [9.17, 15) is 4.79 Å². The van der Waals surface area contributed by atoms with Crippen LogP contribution >= 0.6 is 0 Å². The monoisotopic (exact) mass is 319 g/mol. The Morgan fingerprint density at radius 2 is 1.70 bits per heavy atom. The van der Waals surface area contributed by atoms with Gasteiger partial charge in [0.25, 0.3) is 5.91 Å². The predicted octanol–water partition coefficient (Wildman–Crippen LogP) is 3.39. The van der Waals surface area contributed by atoms with Crippen LogP contribution in [-0.4, -0.2) is 42.2 Å². The van der Waals surface area contributed by atoms with Gasteiger partial charge in [-0.15, -0.1) is 0 Å². The summed E-state index contributed by atoms with van der Waals surface area (Å²) < 4.78 is 11.5. The van der Waals surface area contributed by atoms with E-state index in [1.165, 1.54) is 5.56 Å². The maximum absolute atomic E-state index is 12.6. The Morgan fingerprint density at radius 1 is 1.17 bits per heavy atom. The van der Waals surface area contributed by atoms with Gasteiger partial charge in [0.1, 0.15) is 5.75 Å². The van der Waals surface area contributed by atoms with Gasteiger partial charge in [-0.05, 0) is 43.9 Å². The van der Waals surface area contributed by atoms with Crippen molar-refractivity contribution < 1.29 is 14.3 Å². The lowest BCUT2D eigenvalue weighted by molar-refractivity contribution is -0.149. The van der Waals surface area contributed by atoms with Gasteiger partial charge in [0.05, 0.1) is 12.2 Å². The third kappa shape index (κ3) is 4.71. The molecule has 128 valence electrons. The number of benzene rings is 1. The third-order valence-corrected chi connectivity index (χ3v) is 4.11. The van der Waals surface area contributed by atoms with Crippen LogP contribution in [0.1, 0.15) is 47.1 Å². The molecule has 1 fully saturated rings. The van der Waals surface area contributed by atoms with E-state index in [2.05, 4.69) is 32.9 Å². The molecule has 0 radical (unpaired) electrons.